The molecule has 0 unspecified atom stereocenters. The van der Waals surface area contributed by atoms with Gasteiger partial charge in [-0.1, -0.05) is 170 Å². The molecular formula is C55H33N3O. The van der Waals surface area contributed by atoms with Gasteiger partial charge in [0.05, 0.1) is 0 Å². The summed E-state index contributed by atoms with van der Waals surface area (Å²) < 4.78 is 6.64. The third kappa shape index (κ3) is 5.49. The standard InChI is InChI=1S/C55H33N3O/c1-2-14-34(15-3-1)35-26-28-36(29-27-35)39-32-49(52-46-24-12-13-25-50(46)59-51(52)33-39)55-57-53(47-30-37-16-4-6-18-40(37)42-20-8-10-22-44(42)47)56-54(58-55)48-31-38-17-5-7-19-41(38)43-21-9-11-23-45(43)48/h1-33H. The fraction of sp³-hybridized carbons (Fsp3) is 0. The van der Waals surface area contributed by atoms with E-state index in [9.17, 15) is 0 Å². The van der Waals surface area contributed by atoms with E-state index in [0.717, 1.165) is 87.6 Å². The lowest BCUT2D eigenvalue weighted by Gasteiger charge is -2.15. The molecule has 4 nitrogen and oxygen atoms in total. The van der Waals surface area contributed by atoms with Crippen LogP contribution in [0.2, 0.25) is 0 Å². The summed E-state index contributed by atoms with van der Waals surface area (Å²) in [5.41, 5.74) is 8.82. The molecule has 0 bridgehead atoms. The van der Waals surface area contributed by atoms with Crippen molar-refractivity contribution >= 4 is 65.0 Å². The van der Waals surface area contributed by atoms with Crippen LogP contribution in [0.3, 0.4) is 0 Å². The van der Waals surface area contributed by atoms with E-state index in [4.69, 9.17) is 19.4 Å². The number of para-hydroxylation sites is 1. The van der Waals surface area contributed by atoms with Crippen molar-refractivity contribution in [2.45, 2.75) is 0 Å². The van der Waals surface area contributed by atoms with Gasteiger partial charge < -0.3 is 4.42 Å². The fourth-order valence-corrected chi connectivity index (χ4v) is 8.90. The minimum Gasteiger partial charge on any atom is -0.456 e. The first kappa shape index (κ1) is 33.2. The molecule has 0 fully saturated rings. The Morgan fingerprint density at radius 2 is 0.695 bits per heavy atom. The summed E-state index contributed by atoms with van der Waals surface area (Å²) in [5, 5.41) is 11.1. The molecule has 0 saturated heterocycles. The number of benzene rings is 10. The lowest BCUT2D eigenvalue weighted by atomic mass is 9.95. The number of nitrogens with zero attached hydrogens (tertiary/aromatic N) is 3. The van der Waals surface area contributed by atoms with E-state index in [-0.39, 0.29) is 0 Å². The van der Waals surface area contributed by atoms with Crippen LogP contribution in [-0.4, -0.2) is 15.0 Å². The number of furan rings is 1. The smallest absolute Gasteiger partial charge is 0.164 e. The highest BCUT2D eigenvalue weighted by molar-refractivity contribution is 6.16. The first-order valence-electron chi connectivity index (χ1n) is 19.9. The highest BCUT2D eigenvalue weighted by Gasteiger charge is 2.22. The van der Waals surface area contributed by atoms with E-state index in [1.54, 1.807) is 0 Å². The number of fused-ring (bicyclic) bond motifs is 9. The van der Waals surface area contributed by atoms with E-state index in [1.807, 2.05) is 18.2 Å². The van der Waals surface area contributed by atoms with Crippen molar-refractivity contribution in [2.24, 2.45) is 0 Å². The summed E-state index contributed by atoms with van der Waals surface area (Å²) in [6.45, 7) is 0. The summed E-state index contributed by atoms with van der Waals surface area (Å²) in [6, 6.07) is 70.4. The van der Waals surface area contributed by atoms with Crippen LogP contribution < -0.4 is 0 Å². The Labute approximate surface area is 339 Å². The minimum absolute atomic E-state index is 0.582. The Kier molecular flexibility index (Phi) is 7.50. The summed E-state index contributed by atoms with van der Waals surface area (Å²) in [7, 11) is 0. The van der Waals surface area contributed by atoms with E-state index < -0.39 is 0 Å². The summed E-state index contributed by atoms with van der Waals surface area (Å²) in [5.74, 6) is 1.81. The molecular weight excluding hydrogens is 719 g/mol. The number of rotatable bonds is 5. The van der Waals surface area contributed by atoms with Gasteiger partial charge in [0, 0.05) is 27.5 Å². The lowest BCUT2D eigenvalue weighted by Crippen LogP contribution is -2.02. The van der Waals surface area contributed by atoms with Gasteiger partial charge in [-0.3, -0.25) is 0 Å². The van der Waals surface area contributed by atoms with E-state index in [0.29, 0.717) is 17.5 Å². The van der Waals surface area contributed by atoms with Crippen LogP contribution in [0.15, 0.2) is 205 Å². The molecule has 0 radical (unpaired) electrons. The van der Waals surface area contributed by atoms with Crippen molar-refractivity contribution in [1.82, 2.24) is 15.0 Å². The van der Waals surface area contributed by atoms with Crippen LogP contribution in [0.25, 0.3) is 121 Å². The van der Waals surface area contributed by atoms with Crippen LogP contribution in [-0.2, 0) is 0 Å². The number of hydrogen-bond acceptors (Lipinski definition) is 4. The molecule has 0 amide bonds. The molecule has 12 aromatic rings. The van der Waals surface area contributed by atoms with Crippen molar-refractivity contribution in [3.63, 3.8) is 0 Å². The number of aromatic nitrogens is 3. The first-order valence-corrected chi connectivity index (χ1v) is 19.9. The quantitative estimate of drug-likeness (QED) is 0.164. The maximum atomic E-state index is 6.64. The SMILES string of the molecule is c1ccc(-c2ccc(-c3cc(-c4nc(-c5cc6ccccc6c6ccccc56)nc(-c5cc6ccccc6c6ccccc56)n4)c4c(c3)oc3ccccc34)cc2)cc1. The van der Waals surface area contributed by atoms with Crippen LogP contribution in [0.1, 0.15) is 0 Å². The van der Waals surface area contributed by atoms with E-state index in [1.165, 1.54) is 16.3 Å². The molecule has 0 aliphatic rings. The van der Waals surface area contributed by atoms with Gasteiger partial charge in [-0.15, -0.1) is 0 Å². The van der Waals surface area contributed by atoms with Gasteiger partial charge >= 0.3 is 0 Å². The Morgan fingerprint density at radius 3 is 1.27 bits per heavy atom. The lowest BCUT2D eigenvalue weighted by molar-refractivity contribution is 0.669. The van der Waals surface area contributed by atoms with Crippen molar-refractivity contribution < 1.29 is 4.42 Å². The molecule has 0 saturated carbocycles. The highest BCUT2D eigenvalue weighted by atomic mass is 16.3. The summed E-state index contributed by atoms with van der Waals surface area (Å²) >= 11 is 0. The molecule has 0 N–H and O–H groups in total. The van der Waals surface area contributed by atoms with E-state index >= 15 is 0 Å². The van der Waals surface area contributed by atoms with Gasteiger partial charge in [-0.25, -0.2) is 15.0 Å². The molecule has 2 heterocycles. The first-order chi connectivity index (χ1) is 29.2. The predicted molar refractivity (Wildman–Crippen MR) is 244 cm³/mol. The third-order valence-corrected chi connectivity index (χ3v) is 11.7. The molecule has 2 aromatic heterocycles. The number of hydrogen-bond donors (Lipinski definition) is 0. The van der Waals surface area contributed by atoms with Crippen LogP contribution in [0, 0.1) is 0 Å². The minimum atomic E-state index is 0.582. The maximum Gasteiger partial charge on any atom is 0.164 e. The van der Waals surface area contributed by atoms with Crippen molar-refractivity contribution in [3.8, 4) is 56.4 Å². The fourth-order valence-electron chi connectivity index (χ4n) is 8.90. The highest BCUT2D eigenvalue weighted by Crippen LogP contribution is 2.42. The molecule has 59 heavy (non-hydrogen) atoms. The topological polar surface area (TPSA) is 51.8 Å². The Morgan fingerprint density at radius 1 is 0.271 bits per heavy atom. The third-order valence-electron chi connectivity index (χ3n) is 11.7. The molecule has 10 aromatic carbocycles. The monoisotopic (exact) mass is 751 g/mol. The zero-order chi connectivity index (χ0) is 38.9. The molecule has 4 heteroatoms. The average Bonchev–Trinajstić information content (AvgIpc) is 3.69. The van der Waals surface area contributed by atoms with Crippen molar-refractivity contribution in [3.05, 3.63) is 200 Å². The largest absolute Gasteiger partial charge is 0.456 e. The zero-order valence-electron chi connectivity index (χ0n) is 31.8. The molecule has 12 rings (SSSR count). The van der Waals surface area contributed by atoms with Gasteiger partial charge in [-0.05, 0) is 95.7 Å². The molecule has 0 spiro atoms. The van der Waals surface area contributed by atoms with Gasteiger partial charge in [0.25, 0.3) is 0 Å². The maximum absolute atomic E-state index is 6.64. The van der Waals surface area contributed by atoms with Crippen LogP contribution in [0.4, 0.5) is 0 Å². The van der Waals surface area contributed by atoms with Crippen LogP contribution >= 0.6 is 0 Å². The molecule has 0 aliphatic heterocycles. The second-order valence-corrected chi connectivity index (χ2v) is 15.1. The van der Waals surface area contributed by atoms with Crippen molar-refractivity contribution in [2.75, 3.05) is 0 Å². The van der Waals surface area contributed by atoms with Crippen LogP contribution in [0.5, 0.6) is 0 Å². The molecule has 0 atom stereocenters. The van der Waals surface area contributed by atoms with Gasteiger partial charge in [0.1, 0.15) is 11.2 Å². The van der Waals surface area contributed by atoms with Gasteiger partial charge in [0.15, 0.2) is 17.5 Å². The zero-order valence-corrected chi connectivity index (χ0v) is 31.8. The average molecular weight is 752 g/mol. The van der Waals surface area contributed by atoms with Crippen molar-refractivity contribution in [1.29, 1.82) is 0 Å². The predicted octanol–water partition coefficient (Wildman–Crippen LogP) is 14.7. The van der Waals surface area contributed by atoms with Gasteiger partial charge in [0.2, 0.25) is 0 Å². The Bertz CT molecular complexity index is 3470. The summed E-state index contributed by atoms with van der Waals surface area (Å²) in [6.07, 6.45) is 0. The Hall–Kier alpha value is -7.95. The Balaban J connectivity index is 1.17. The second kappa shape index (κ2) is 13.3. The normalized spacial score (nSPS) is 11.7. The van der Waals surface area contributed by atoms with E-state index in [2.05, 4.69) is 182 Å². The molecule has 274 valence electrons. The molecule has 0 aliphatic carbocycles. The second-order valence-electron chi connectivity index (χ2n) is 15.1. The summed E-state index contributed by atoms with van der Waals surface area (Å²) in [4.78, 5) is 16.3. The van der Waals surface area contributed by atoms with Gasteiger partial charge in [-0.2, -0.15) is 0 Å².